The number of nitrogens with one attached hydrogen (secondary N) is 5. The zero-order valence-corrected chi connectivity index (χ0v) is 27.0. The van der Waals surface area contributed by atoms with Gasteiger partial charge in [0.2, 0.25) is 11.8 Å². The highest BCUT2D eigenvalue weighted by Gasteiger charge is 2.42. The maximum atomic E-state index is 12.8. The number of rotatable bonds is 24. The van der Waals surface area contributed by atoms with Gasteiger partial charge in [-0.05, 0) is 30.7 Å². The summed E-state index contributed by atoms with van der Waals surface area (Å²) >= 11 is 0. The minimum absolute atomic E-state index is 0.00176. The highest BCUT2D eigenvalue weighted by Crippen LogP contribution is 2.18. The minimum Gasteiger partial charge on any atom is -0.445 e. The molecule has 2 unspecified atom stereocenters. The average Bonchev–Trinajstić information content (AvgIpc) is 3.52. The van der Waals surface area contributed by atoms with E-state index in [9.17, 15) is 19.2 Å². The van der Waals surface area contributed by atoms with Crippen LogP contribution in [-0.2, 0) is 49.4 Å². The van der Waals surface area contributed by atoms with Crippen molar-refractivity contribution in [3.8, 4) is 0 Å². The Balaban J connectivity index is 1.59. The van der Waals surface area contributed by atoms with Crippen molar-refractivity contribution in [2.45, 2.75) is 44.9 Å². The Kier molecular flexibility index (Phi) is 18.5. The number of alkyl carbamates (subject to hydrolysis) is 1. The Labute approximate surface area is 270 Å². The van der Waals surface area contributed by atoms with Gasteiger partial charge in [-0.2, -0.15) is 0 Å². The van der Waals surface area contributed by atoms with Crippen LogP contribution in [0.5, 0.6) is 0 Å². The predicted molar refractivity (Wildman–Crippen MR) is 167 cm³/mol. The second kappa shape index (κ2) is 22.1. The lowest BCUT2D eigenvalue weighted by Crippen LogP contribution is -2.58. The van der Waals surface area contributed by atoms with E-state index in [0.29, 0.717) is 64.1 Å². The largest absolute Gasteiger partial charge is 0.445 e. The highest BCUT2D eigenvalue weighted by molar-refractivity contribution is 5.89. The molecule has 1 aromatic rings. The average molecular weight is 655 g/mol. The van der Waals surface area contributed by atoms with Crippen LogP contribution < -0.4 is 32.5 Å². The number of carbonyl (C=O) groups is 4. The van der Waals surface area contributed by atoms with Crippen LogP contribution in [0.1, 0.15) is 32.3 Å². The van der Waals surface area contributed by atoms with Crippen molar-refractivity contribution in [2.24, 2.45) is 11.7 Å². The van der Waals surface area contributed by atoms with Crippen molar-refractivity contribution in [1.29, 1.82) is 0 Å². The van der Waals surface area contributed by atoms with Crippen molar-refractivity contribution >= 4 is 29.5 Å². The molecule has 0 aromatic heterocycles. The van der Waals surface area contributed by atoms with Gasteiger partial charge in [-0.15, -0.1) is 0 Å². The van der Waals surface area contributed by atoms with Gasteiger partial charge in [0, 0.05) is 26.0 Å². The first kappa shape index (κ1) is 38.6. The van der Waals surface area contributed by atoms with Gasteiger partial charge >= 0.3 is 6.09 Å². The summed E-state index contributed by atoms with van der Waals surface area (Å²) in [4.78, 5) is 49.2. The number of likely N-dealkylation sites (N-methyl/N-ethyl adjacent to an activating group) is 1. The summed E-state index contributed by atoms with van der Waals surface area (Å²) in [5.41, 5.74) is 10.8. The molecular weight excluding hydrogens is 604 g/mol. The molecule has 2 atom stereocenters. The molecule has 1 fully saturated rings. The lowest BCUT2D eigenvalue weighted by Gasteiger charge is -2.24. The number of hydrazine groups is 1. The summed E-state index contributed by atoms with van der Waals surface area (Å²) in [6.45, 7) is 8.23. The summed E-state index contributed by atoms with van der Waals surface area (Å²) in [6.07, 6.45) is -0.405. The van der Waals surface area contributed by atoms with Gasteiger partial charge in [0.05, 0.1) is 65.1 Å². The van der Waals surface area contributed by atoms with Crippen LogP contribution in [0.2, 0.25) is 0 Å². The Morgan fingerprint density at radius 1 is 0.913 bits per heavy atom. The van der Waals surface area contributed by atoms with E-state index in [1.165, 1.54) is 0 Å². The van der Waals surface area contributed by atoms with Gasteiger partial charge in [0.25, 0.3) is 5.91 Å². The Hall–Kier alpha value is -3.54. The maximum Gasteiger partial charge on any atom is 0.408 e. The number of benzene rings is 1. The van der Waals surface area contributed by atoms with Crippen molar-refractivity contribution in [3.05, 3.63) is 29.8 Å². The molecule has 1 heterocycles. The lowest BCUT2D eigenvalue weighted by molar-refractivity contribution is -0.130. The van der Waals surface area contributed by atoms with E-state index >= 15 is 0 Å². The van der Waals surface area contributed by atoms with E-state index in [1.807, 2.05) is 20.9 Å². The summed E-state index contributed by atoms with van der Waals surface area (Å²) in [7, 11) is 1.87. The van der Waals surface area contributed by atoms with Gasteiger partial charge in [0.15, 0.2) is 0 Å². The molecule has 0 aliphatic carbocycles. The van der Waals surface area contributed by atoms with Gasteiger partial charge in [-0.3, -0.25) is 25.2 Å². The first-order valence-corrected chi connectivity index (χ1v) is 15.4. The van der Waals surface area contributed by atoms with Crippen molar-refractivity contribution in [2.75, 3.05) is 85.1 Å². The van der Waals surface area contributed by atoms with E-state index < -0.39 is 29.5 Å². The van der Waals surface area contributed by atoms with Crippen LogP contribution >= 0.6 is 0 Å². The number of hydrogen-bond donors (Lipinski definition) is 6. The molecule has 7 N–H and O–H groups in total. The molecule has 16 nitrogen and oxygen atoms in total. The molecule has 0 saturated carbocycles. The van der Waals surface area contributed by atoms with Gasteiger partial charge in [-0.1, -0.05) is 26.0 Å². The smallest absolute Gasteiger partial charge is 0.408 e. The molecular formula is C30H50N6O10. The molecule has 0 radical (unpaired) electrons. The van der Waals surface area contributed by atoms with Gasteiger partial charge in [0.1, 0.15) is 18.2 Å². The molecule has 4 amide bonds. The van der Waals surface area contributed by atoms with E-state index in [1.54, 1.807) is 24.3 Å². The number of anilines is 1. The number of amides is 4. The third kappa shape index (κ3) is 15.2. The topological polar surface area (TPSA) is 210 Å². The van der Waals surface area contributed by atoms with Crippen LogP contribution in [0.15, 0.2) is 24.3 Å². The number of nitrogens with two attached hydrogens (primary N) is 1. The first-order valence-electron chi connectivity index (χ1n) is 15.4. The lowest BCUT2D eigenvalue weighted by atomic mass is 9.98. The second-order valence-corrected chi connectivity index (χ2v) is 10.9. The van der Waals surface area contributed by atoms with Crippen LogP contribution in [0, 0.1) is 5.92 Å². The number of ether oxygens (including phenoxy) is 6. The van der Waals surface area contributed by atoms with E-state index in [-0.39, 0.29) is 44.5 Å². The van der Waals surface area contributed by atoms with E-state index in [2.05, 4.69) is 26.8 Å². The second-order valence-electron chi connectivity index (χ2n) is 10.9. The minimum atomic E-state index is -1.27. The molecule has 1 aliphatic heterocycles. The Bertz CT molecular complexity index is 1050. The summed E-state index contributed by atoms with van der Waals surface area (Å²) in [5, 5.41) is 8.25. The molecule has 1 aliphatic rings. The van der Waals surface area contributed by atoms with Crippen LogP contribution in [0.25, 0.3) is 0 Å². The fourth-order valence-electron chi connectivity index (χ4n) is 4.08. The molecule has 2 rings (SSSR count). The molecule has 1 aromatic carbocycles. The Morgan fingerprint density at radius 3 is 2.07 bits per heavy atom. The van der Waals surface area contributed by atoms with E-state index in [4.69, 9.17) is 34.2 Å². The van der Waals surface area contributed by atoms with Crippen molar-refractivity contribution in [1.82, 2.24) is 21.4 Å². The molecule has 260 valence electrons. The first-order chi connectivity index (χ1) is 22.2. The molecule has 0 bridgehead atoms. The quantitative estimate of drug-likeness (QED) is 0.0634. The monoisotopic (exact) mass is 654 g/mol. The SMILES string of the molecule is CNCCOCCOCCOCCOCCC(=O)NC(C(=O)NNc1ccc(COC(=O)NC2(C(N)=O)CCOC2)cc1)C(C)C. The molecule has 0 spiro atoms. The third-order valence-electron chi connectivity index (χ3n) is 6.84. The fraction of sp³-hybridized carbons (Fsp3) is 0.667. The number of hydrogen-bond acceptors (Lipinski definition) is 12. The van der Waals surface area contributed by atoms with Crippen LogP contribution in [0.3, 0.4) is 0 Å². The number of primary amides is 1. The van der Waals surface area contributed by atoms with E-state index in [0.717, 1.165) is 6.54 Å². The van der Waals surface area contributed by atoms with Crippen molar-refractivity contribution in [3.63, 3.8) is 0 Å². The van der Waals surface area contributed by atoms with Crippen LogP contribution in [0.4, 0.5) is 10.5 Å². The van der Waals surface area contributed by atoms with Gasteiger partial charge in [-0.25, -0.2) is 4.79 Å². The molecule has 16 heteroatoms. The number of carbonyl (C=O) groups excluding carboxylic acids is 4. The zero-order valence-electron chi connectivity index (χ0n) is 27.0. The summed E-state index contributed by atoms with van der Waals surface area (Å²) in [5.74, 6) is -1.57. The highest BCUT2D eigenvalue weighted by atomic mass is 16.6. The third-order valence-corrected chi connectivity index (χ3v) is 6.84. The fourth-order valence-corrected chi connectivity index (χ4v) is 4.08. The summed E-state index contributed by atoms with van der Waals surface area (Å²) in [6, 6.07) is 6.01. The Morgan fingerprint density at radius 2 is 1.52 bits per heavy atom. The molecule has 46 heavy (non-hydrogen) atoms. The maximum absolute atomic E-state index is 12.8. The normalized spacial score (nSPS) is 16.5. The zero-order chi connectivity index (χ0) is 33.6. The van der Waals surface area contributed by atoms with Crippen LogP contribution in [-0.4, -0.2) is 115 Å². The molecule has 1 saturated heterocycles. The standard InChI is InChI=1S/C30H50N6O10/c1-22(2)26(33-25(37)8-11-41-14-16-43-18-19-44-17-15-42-13-10-32-3)27(38)36-35-24-6-4-23(5-7-24)20-46-29(40)34-30(28(31)39)9-12-45-21-30/h4-7,22,26,32,35H,8-21H2,1-3H3,(H2,31,39)(H,33,37)(H,34,40)(H,36,38). The predicted octanol–water partition coefficient (Wildman–Crippen LogP) is -0.183. The van der Waals surface area contributed by atoms with Gasteiger partial charge < -0.3 is 50.1 Å². The summed E-state index contributed by atoms with van der Waals surface area (Å²) < 4.78 is 32.1. The van der Waals surface area contributed by atoms with Crippen molar-refractivity contribution < 1.29 is 47.6 Å².